The first kappa shape index (κ1) is 19.6. The van der Waals surface area contributed by atoms with Gasteiger partial charge in [-0.25, -0.2) is 9.38 Å². The molecule has 6 heteroatoms. The zero-order chi connectivity index (χ0) is 17.5. The van der Waals surface area contributed by atoms with Crippen molar-refractivity contribution < 1.29 is 8.60 Å². The van der Waals surface area contributed by atoms with Crippen molar-refractivity contribution >= 4 is 16.8 Å². The van der Waals surface area contributed by atoms with Crippen molar-refractivity contribution in [3.05, 3.63) is 35.1 Å². The summed E-state index contributed by atoms with van der Waals surface area (Å²) in [5, 5.41) is 6.31. The van der Waals surface area contributed by atoms with Crippen molar-refractivity contribution in [3.63, 3.8) is 0 Å². The molecule has 1 atom stereocenters. The van der Waals surface area contributed by atoms with Crippen molar-refractivity contribution in [2.75, 3.05) is 18.8 Å². The van der Waals surface area contributed by atoms with Crippen molar-refractivity contribution in [2.24, 2.45) is 4.99 Å². The molecule has 1 aromatic carbocycles. The number of nitrogens with one attached hydrogen (secondary N) is 2. The van der Waals surface area contributed by atoms with Gasteiger partial charge in [0.25, 0.3) is 0 Å². The second-order valence-corrected chi connectivity index (χ2v) is 8.69. The van der Waals surface area contributed by atoms with Crippen LogP contribution < -0.4 is 10.6 Å². The number of aliphatic imine (C=N–C) groups is 1. The molecule has 0 aliphatic carbocycles. The smallest absolute Gasteiger partial charge is 0.191 e. The lowest BCUT2D eigenvalue weighted by atomic mass is 10.1. The standard InChI is InChI=1S/C17H28FN3OS/c1-6-19-16(20-9-10-23(22)17(3,4)5)21-12-14-8-7-13(2)15(18)11-14/h7-8,11H,6,9-10,12H2,1-5H3,(H2,19,20,21). The van der Waals surface area contributed by atoms with Gasteiger partial charge in [-0.1, -0.05) is 12.1 Å². The van der Waals surface area contributed by atoms with Crippen LogP contribution in [0.1, 0.15) is 38.8 Å². The number of nitrogens with zero attached hydrogens (tertiary/aromatic N) is 1. The largest absolute Gasteiger partial charge is 0.357 e. The highest BCUT2D eigenvalue weighted by Crippen LogP contribution is 2.11. The monoisotopic (exact) mass is 341 g/mol. The van der Waals surface area contributed by atoms with E-state index in [1.165, 1.54) is 6.07 Å². The van der Waals surface area contributed by atoms with Gasteiger partial charge in [-0.15, -0.1) is 0 Å². The van der Waals surface area contributed by atoms with Crippen molar-refractivity contribution in [1.29, 1.82) is 0 Å². The quantitative estimate of drug-likeness (QED) is 0.618. The fraction of sp³-hybridized carbons (Fsp3) is 0.588. The Morgan fingerprint density at radius 1 is 1.30 bits per heavy atom. The summed E-state index contributed by atoms with van der Waals surface area (Å²) in [5.41, 5.74) is 1.45. The second kappa shape index (κ2) is 9.01. The molecule has 0 heterocycles. The first-order valence-electron chi connectivity index (χ1n) is 7.89. The highest BCUT2D eigenvalue weighted by Gasteiger charge is 2.18. The summed E-state index contributed by atoms with van der Waals surface area (Å²) in [5.74, 6) is 1.00. The van der Waals surface area contributed by atoms with E-state index in [1.54, 1.807) is 13.0 Å². The molecule has 0 amide bonds. The maximum absolute atomic E-state index is 13.5. The molecule has 0 aromatic heterocycles. The minimum absolute atomic E-state index is 0.212. The van der Waals surface area contributed by atoms with Crippen LogP contribution in [0.3, 0.4) is 0 Å². The van der Waals surface area contributed by atoms with Crippen LogP contribution in [0.4, 0.5) is 4.39 Å². The van der Waals surface area contributed by atoms with Gasteiger partial charge in [-0.05, 0) is 51.8 Å². The van der Waals surface area contributed by atoms with Crippen molar-refractivity contribution in [2.45, 2.75) is 45.9 Å². The minimum Gasteiger partial charge on any atom is -0.357 e. The van der Waals surface area contributed by atoms with E-state index in [4.69, 9.17) is 0 Å². The Kier molecular flexibility index (Phi) is 7.68. The summed E-state index contributed by atoms with van der Waals surface area (Å²) in [6.45, 7) is 11.3. The Hall–Kier alpha value is -1.43. The second-order valence-electron chi connectivity index (χ2n) is 6.37. The van der Waals surface area contributed by atoms with E-state index in [9.17, 15) is 8.60 Å². The van der Waals surface area contributed by atoms with Gasteiger partial charge in [-0.3, -0.25) is 4.21 Å². The topological polar surface area (TPSA) is 53.5 Å². The number of halogens is 1. The number of guanidine groups is 1. The molecule has 1 unspecified atom stereocenters. The molecule has 0 aliphatic heterocycles. The highest BCUT2D eigenvalue weighted by molar-refractivity contribution is 7.86. The Morgan fingerprint density at radius 2 is 2.00 bits per heavy atom. The van der Waals surface area contributed by atoms with Gasteiger partial charge in [0, 0.05) is 34.4 Å². The Bertz CT molecular complexity index is 567. The molecule has 0 bridgehead atoms. The summed E-state index contributed by atoms with van der Waals surface area (Å²) in [4.78, 5) is 4.44. The van der Waals surface area contributed by atoms with E-state index in [-0.39, 0.29) is 10.6 Å². The molecule has 0 radical (unpaired) electrons. The predicted molar refractivity (Wildman–Crippen MR) is 96.7 cm³/mol. The van der Waals surface area contributed by atoms with Gasteiger partial charge in [-0.2, -0.15) is 0 Å². The molecule has 2 N–H and O–H groups in total. The molecule has 23 heavy (non-hydrogen) atoms. The molecule has 4 nitrogen and oxygen atoms in total. The molecule has 0 spiro atoms. The molecular formula is C17H28FN3OS. The summed E-state index contributed by atoms with van der Waals surface area (Å²) < 4.78 is 25.4. The van der Waals surface area contributed by atoms with Gasteiger partial charge >= 0.3 is 0 Å². The van der Waals surface area contributed by atoms with Gasteiger partial charge in [0.1, 0.15) is 5.82 Å². The fourth-order valence-electron chi connectivity index (χ4n) is 1.82. The average molecular weight is 341 g/mol. The lowest BCUT2D eigenvalue weighted by molar-refractivity contribution is 0.616. The zero-order valence-electron chi connectivity index (χ0n) is 14.7. The van der Waals surface area contributed by atoms with Crippen LogP contribution >= 0.6 is 0 Å². The Balaban J connectivity index is 2.59. The van der Waals surface area contributed by atoms with E-state index in [0.29, 0.717) is 30.4 Å². The van der Waals surface area contributed by atoms with Gasteiger partial charge in [0.2, 0.25) is 0 Å². The van der Waals surface area contributed by atoms with E-state index >= 15 is 0 Å². The Morgan fingerprint density at radius 3 is 2.57 bits per heavy atom. The third-order valence-electron chi connectivity index (χ3n) is 3.26. The summed E-state index contributed by atoms with van der Waals surface area (Å²) >= 11 is 0. The molecule has 0 aliphatic rings. The normalized spacial score (nSPS) is 13.7. The average Bonchev–Trinajstić information content (AvgIpc) is 2.47. The van der Waals surface area contributed by atoms with Crippen LogP contribution in [0.5, 0.6) is 0 Å². The third-order valence-corrected chi connectivity index (χ3v) is 5.20. The number of aryl methyl sites for hydroxylation is 1. The van der Waals surface area contributed by atoms with E-state index in [2.05, 4.69) is 15.6 Å². The lowest BCUT2D eigenvalue weighted by Gasteiger charge is -2.18. The summed E-state index contributed by atoms with van der Waals surface area (Å²) in [6, 6.07) is 5.14. The van der Waals surface area contributed by atoms with Gasteiger partial charge < -0.3 is 10.6 Å². The SMILES string of the molecule is CCNC(=NCc1ccc(C)c(F)c1)NCCS(=O)C(C)(C)C. The number of hydrogen-bond acceptors (Lipinski definition) is 2. The van der Waals surface area contributed by atoms with Gasteiger partial charge in [0.15, 0.2) is 5.96 Å². The molecule has 0 saturated heterocycles. The van der Waals surface area contributed by atoms with E-state index < -0.39 is 10.8 Å². The summed E-state index contributed by atoms with van der Waals surface area (Å²) in [6.07, 6.45) is 0. The van der Waals surface area contributed by atoms with Crippen LogP contribution in [0, 0.1) is 12.7 Å². The predicted octanol–water partition coefficient (Wildman–Crippen LogP) is 2.74. The molecule has 0 fully saturated rings. The molecule has 1 aromatic rings. The first-order valence-corrected chi connectivity index (χ1v) is 9.21. The third kappa shape index (κ3) is 7.12. The Labute approximate surface area is 141 Å². The fourth-order valence-corrected chi connectivity index (χ4v) is 2.71. The van der Waals surface area contributed by atoms with Gasteiger partial charge in [0.05, 0.1) is 6.54 Å². The minimum atomic E-state index is -0.898. The molecule has 0 saturated carbocycles. The number of rotatable bonds is 6. The maximum Gasteiger partial charge on any atom is 0.191 e. The highest BCUT2D eigenvalue weighted by atomic mass is 32.2. The van der Waals surface area contributed by atoms with Crippen LogP contribution in [0.2, 0.25) is 0 Å². The number of benzene rings is 1. The van der Waals surface area contributed by atoms with Crippen LogP contribution in [-0.4, -0.2) is 33.8 Å². The maximum atomic E-state index is 13.5. The molecule has 1 rings (SSSR count). The van der Waals surface area contributed by atoms with Crippen LogP contribution in [0.15, 0.2) is 23.2 Å². The van der Waals surface area contributed by atoms with Crippen LogP contribution in [-0.2, 0) is 17.3 Å². The van der Waals surface area contributed by atoms with E-state index in [0.717, 1.165) is 12.1 Å². The first-order chi connectivity index (χ1) is 10.7. The van der Waals surface area contributed by atoms with Crippen molar-refractivity contribution in [1.82, 2.24) is 10.6 Å². The van der Waals surface area contributed by atoms with Crippen LogP contribution in [0.25, 0.3) is 0 Å². The number of hydrogen-bond donors (Lipinski definition) is 2. The van der Waals surface area contributed by atoms with E-state index in [1.807, 2.05) is 33.8 Å². The lowest BCUT2D eigenvalue weighted by Crippen LogP contribution is -2.40. The molecular weight excluding hydrogens is 313 g/mol. The zero-order valence-corrected chi connectivity index (χ0v) is 15.5. The van der Waals surface area contributed by atoms with Crippen molar-refractivity contribution in [3.8, 4) is 0 Å². The summed E-state index contributed by atoms with van der Waals surface area (Å²) in [7, 11) is -0.898. The molecule has 130 valence electrons.